The first-order chi connectivity index (χ1) is 8.93. The summed E-state index contributed by atoms with van der Waals surface area (Å²) in [6.45, 7) is 5.48. The van der Waals surface area contributed by atoms with Gasteiger partial charge < -0.3 is 9.88 Å². The van der Waals surface area contributed by atoms with Gasteiger partial charge in [-0.05, 0) is 31.9 Å². The van der Waals surface area contributed by atoms with Crippen molar-refractivity contribution in [2.75, 3.05) is 0 Å². The van der Waals surface area contributed by atoms with Gasteiger partial charge in [0.15, 0.2) is 0 Å². The fourth-order valence-electron chi connectivity index (χ4n) is 1.86. The van der Waals surface area contributed by atoms with Crippen LogP contribution in [0.15, 0.2) is 30.9 Å². The Morgan fingerprint density at radius 1 is 1.26 bits per heavy atom. The van der Waals surface area contributed by atoms with Crippen LogP contribution in [-0.4, -0.2) is 20.4 Å². The summed E-state index contributed by atoms with van der Waals surface area (Å²) < 4.78 is 10.7. The summed E-state index contributed by atoms with van der Waals surface area (Å²) in [6.07, 6.45) is 5.08. The van der Waals surface area contributed by atoms with Gasteiger partial charge in [0.05, 0.1) is 6.33 Å². The molecule has 0 spiro atoms. The van der Waals surface area contributed by atoms with Crippen molar-refractivity contribution in [1.82, 2.24) is 9.97 Å². The van der Waals surface area contributed by atoms with Gasteiger partial charge in [0.2, 0.25) is 5.52 Å². The quantitative estimate of drug-likeness (QED) is 0.828. The lowest BCUT2D eigenvalue weighted by Crippen LogP contribution is -2.00. The van der Waals surface area contributed by atoms with Crippen LogP contribution in [0.2, 0.25) is 0 Å². The number of rotatable bonds is 2. The number of benzene rings is 1. The molecule has 1 aromatic carbocycles. The largest absolute Gasteiger partial charge is 0.351 e. The summed E-state index contributed by atoms with van der Waals surface area (Å²) in [5.74, 6) is 0. The number of H-pyrrole nitrogens is 1. The maximum absolute atomic E-state index is 11.4. The SMILES string of the molecule is Cc1cc(C)c(C(=O)[PH](=O)O)c(C)c1.c1c[nH]cn1. The van der Waals surface area contributed by atoms with E-state index in [4.69, 9.17) is 4.89 Å². The van der Waals surface area contributed by atoms with E-state index < -0.39 is 13.6 Å². The lowest BCUT2D eigenvalue weighted by atomic mass is 10.0. The van der Waals surface area contributed by atoms with Crippen molar-refractivity contribution in [3.8, 4) is 0 Å². The Morgan fingerprint density at radius 3 is 2.16 bits per heavy atom. The highest BCUT2D eigenvalue weighted by Crippen LogP contribution is 2.27. The van der Waals surface area contributed by atoms with E-state index in [-0.39, 0.29) is 0 Å². The predicted molar refractivity (Wildman–Crippen MR) is 74.8 cm³/mol. The van der Waals surface area contributed by atoms with Crippen LogP contribution in [0.25, 0.3) is 0 Å². The lowest BCUT2D eigenvalue weighted by molar-refractivity contribution is 0.106. The number of nitrogens with zero attached hydrogens (tertiary/aromatic N) is 1. The van der Waals surface area contributed by atoms with Gasteiger partial charge in [-0.1, -0.05) is 17.7 Å². The molecule has 2 N–H and O–H groups in total. The number of aromatic amines is 1. The van der Waals surface area contributed by atoms with Crippen molar-refractivity contribution < 1.29 is 14.3 Å². The molecule has 0 aliphatic heterocycles. The monoisotopic (exact) mass is 280 g/mol. The Hall–Kier alpha value is -1.71. The molecule has 2 aromatic rings. The topological polar surface area (TPSA) is 83.0 Å². The molecule has 19 heavy (non-hydrogen) atoms. The van der Waals surface area contributed by atoms with E-state index in [1.54, 1.807) is 32.6 Å². The second kappa shape index (κ2) is 7.02. The highest BCUT2D eigenvalue weighted by Gasteiger charge is 2.16. The van der Waals surface area contributed by atoms with Crippen molar-refractivity contribution in [3.05, 3.63) is 53.1 Å². The minimum atomic E-state index is -3.11. The van der Waals surface area contributed by atoms with E-state index in [1.165, 1.54) is 0 Å². The second-order valence-electron chi connectivity index (χ2n) is 4.17. The molecule has 5 nitrogen and oxygen atoms in total. The zero-order valence-electron chi connectivity index (χ0n) is 11.1. The first kappa shape index (κ1) is 15.3. The summed E-state index contributed by atoms with van der Waals surface area (Å²) in [5, 5.41) is 0. The van der Waals surface area contributed by atoms with Gasteiger partial charge >= 0.3 is 0 Å². The molecule has 0 saturated carbocycles. The van der Waals surface area contributed by atoms with Crippen LogP contribution in [0.5, 0.6) is 0 Å². The van der Waals surface area contributed by atoms with Crippen LogP contribution in [0.4, 0.5) is 0 Å². The summed E-state index contributed by atoms with van der Waals surface area (Å²) in [6, 6.07) is 3.68. The van der Waals surface area contributed by atoms with Crippen molar-refractivity contribution in [3.63, 3.8) is 0 Å². The van der Waals surface area contributed by atoms with Crippen LogP contribution in [0.1, 0.15) is 27.0 Å². The first-order valence-electron chi connectivity index (χ1n) is 5.71. The molecule has 0 saturated heterocycles. The normalized spacial score (nSPS) is 11.4. The number of carbonyl (C=O) groups is 1. The van der Waals surface area contributed by atoms with E-state index >= 15 is 0 Å². The Balaban J connectivity index is 0.000000300. The smallest absolute Gasteiger partial charge is 0.257 e. The van der Waals surface area contributed by atoms with E-state index in [1.807, 2.05) is 19.1 Å². The highest BCUT2D eigenvalue weighted by atomic mass is 31.1. The Kier molecular flexibility index (Phi) is 5.67. The molecule has 1 atom stereocenters. The molecule has 1 unspecified atom stereocenters. The molecule has 0 aliphatic rings. The van der Waals surface area contributed by atoms with Crippen LogP contribution < -0.4 is 0 Å². The van der Waals surface area contributed by atoms with Crippen molar-refractivity contribution >= 4 is 13.6 Å². The standard InChI is InChI=1S/C10H13O3P.C3H4N2/c1-6-4-7(2)9(8(3)5-6)10(11)14(12)13;1-2-5-3-4-1/h4-5,14H,1-3H3,(H,12,13);1-3H,(H,4,5). The molecular weight excluding hydrogens is 263 g/mol. The van der Waals surface area contributed by atoms with E-state index in [0.717, 1.165) is 16.7 Å². The number of aryl methyl sites for hydroxylation is 3. The molecule has 102 valence electrons. The van der Waals surface area contributed by atoms with E-state index in [9.17, 15) is 9.36 Å². The van der Waals surface area contributed by atoms with Gasteiger partial charge in [-0.15, -0.1) is 0 Å². The average molecular weight is 280 g/mol. The molecule has 0 aliphatic carbocycles. The molecule has 0 bridgehead atoms. The van der Waals surface area contributed by atoms with Gasteiger partial charge in [-0.3, -0.25) is 9.36 Å². The summed E-state index contributed by atoms with van der Waals surface area (Å²) in [7, 11) is -3.11. The molecular formula is C13H17N2O3P. The molecule has 1 heterocycles. The van der Waals surface area contributed by atoms with Gasteiger partial charge in [0.25, 0.3) is 8.03 Å². The minimum Gasteiger partial charge on any atom is -0.351 e. The molecule has 2 rings (SSSR count). The Morgan fingerprint density at radius 2 is 1.84 bits per heavy atom. The molecule has 0 radical (unpaired) electrons. The zero-order valence-corrected chi connectivity index (χ0v) is 12.1. The van der Waals surface area contributed by atoms with Crippen LogP contribution in [-0.2, 0) is 4.57 Å². The summed E-state index contributed by atoms with van der Waals surface area (Å²) in [5.41, 5.74) is 2.32. The van der Waals surface area contributed by atoms with E-state index in [0.29, 0.717) is 5.56 Å². The highest BCUT2D eigenvalue weighted by molar-refractivity contribution is 7.59. The number of imidazole rings is 1. The molecule has 0 fully saturated rings. The Bertz CT molecular complexity index is 539. The van der Waals surface area contributed by atoms with Crippen LogP contribution >= 0.6 is 8.03 Å². The van der Waals surface area contributed by atoms with Crippen molar-refractivity contribution in [1.29, 1.82) is 0 Å². The number of aromatic nitrogens is 2. The number of nitrogens with one attached hydrogen (secondary N) is 1. The zero-order chi connectivity index (χ0) is 14.4. The van der Waals surface area contributed by atoms with Crippen LogP contribution in [0, 0.1) is 20.8 Å². The van der Waals surface area contributed by atoms with Gasteiger partial charge in [-0.25, -0.2) is 4.98 Å². The fourth-order valence-corrected chi connectivity index (χ4v) is 2.47. The fraction of sp³-hybridized carbons (Fsp3) is 0.231. The first-order valence-corrected chi connectivity index (χ1v) is 7.07. The summed E-state index contributed by atoms with van der Waals surface area (Å²) >= 11 is 0. The minimum absolute atomic E-state index is 0.391. The average Bonchev–Trinajstić information content (AvgIpc) is 2.85. The maximum atomic E-state index is 11.4. The summed E-state index contributed by atoms with van der Waals surface area (Å²) in [4.78, 5) is 26.6. The molecule has 1 aromatic heterocycles. The van der Waals surface area contributed by atoms with Gasteiger partial charge in [0, 0.05) is 18.0 Å². The van der Waals surface area contributed by atoms with E-state index in [2.05, 4.69) is 9.97 Å². The van der Waals surface area contributed by atoms with Crippen molar-refractivity contribution in [2.45, 2.75) is 20.8 Å². The van der Waals surface area contributed by atoms with Gasteiger partial charge in [0.1, 0.15) is 0 Å². The third kappa shape index (κ3) is 4.47. The second-order valence-corrected chi connectivity index (χ2v) is 5.23. The molecule has 0 amide bonds. The third-order valence-electron chi connectivity index (χ3n) is 2.50. The third-order valence-corrected chi connectivity index (χ3v) is 3.14. The van der Waals surface area contributed by atoms with Crippen LogP contribution in [0.3, 0.4) is 0 Å². The Labute approximate surface area is 112 Å². The lowest BCUT2D eigenvalue weighted by Gasteiger charge is -2.08. The predicted octanol–water partition coefficient (Wildman–Crippen LogP) is 2.63. The number of hydrogen-bond acceptors (Lipinski definition) is 3. The number of hydrogen-bond donors (Lipinski definition) is 2. The molecule has 6 heteroatoms. The number of carbonyl (C=O) groups excluding carboxylic acids is 1. The van der Waals surface area contributed by atoms with Crippen molar-refractivity contribution in [2.24, 2.45) is 0 Å². The maximum Gasteiger partial charge on any atom is 0.257 e. The van der Waals surface area contributed by atoms with Gasteiger partial charge in [-0.2, -0.15) is 0 Å².